The van der Waals surface area contributed by atoms with Gasteiger partial charge in [0.2, 0.25) is 0 Å². The maximum absolute atomic E-state index is 6.51. The number of benzene rings is 2. The van der Waals surface area contributed by atoms with Gasteiger partial charge in [-0.25, -0.2) is 0 Å². The molecule has 0 spiro atoms. The van der Waals surface area contributed by atoms with Gasteiger partial charge in [-0.2, -0.15) is 0 Å². The van der Waals surface area contributed by atoms with Crippen molar-refractivity contribution in [3.63, 3.8) is 0 Å². The van der Waals surface area contributed by atoms with E-state index in [-0.39, 0.29) is 0 Å². The molecule has 3 rings (SSSR count). The molecule has 0 unspecified atom stereocenters. The number of nitrogens with zero attached hydrogens (tertiary/aromatic N) is 1. The number of hydrogen-bond acceptors (Lipinski definition) is 4. The molecule has 1 N–H and O–H groups in total. The summed E-state index contributed by atoms with van der Waals surface area (Å²) in [4.78, 5) is 4.31. The second kappa shape index (κ2) is 10.1. The maximum atomic E-state index is 6.51. The van der Waals surface area contributed by atoms with Gasteiger partial charge in [-0.3, -0.25) is 4.98 Å². The van der Waals surface area contributed by atoms with Crippen molar-refractivity contribution in [2.24, 2.45) is 0 Å². The summed E-state index contributed by atoms with van der Waals surface area (Å²) in [5.74, 6) is 1.36. The van der Waals surface area contributed by atoms with Crippen LogP contribution in [0, 0.1) is 6.92 Å². The topological polar surface area (TPSA) is 43.4 Å². The smallest absolute Gasteiger partial charge is 0.163 e. The standard InChI is InChI=1S/C23H25ClN2O2/c1-3-27-22-12-19(14-25-15-20-10-6-7-11-26-20)21(24)13-23(22)28-16-18-9-5-4-8-17(18)2/h4-13,25H,3,14-16H2,1-2H3. The Morgan fingerprint density at radius 3 is 2.46 bits per heavy atom. The first-order valence-electron chi connectivity index (χ1n) is 9.40. The second-order valence-corrected chi connectivity index (χ2v) is 6.87. The van der Waals surface area contributed by atoms with Gasteiger partial charge in [-0.15, -0.1) is 0 Å². The molecule has 4 nitrogen and oxygen atoms in total. The average Bonchev–Trinajstić information content (AvgIpc) is 2.71. The van der Waals surface area contributed by atoms with E-state index in [0.717, 1.165) is 16.8 Å². The molecule has 0 aliphatic rings. The van der Waals surface area contributed by atoms with Crippen molar-refractivity contribution in [3.05, 3.63) is 88.2 Å². The summed E-state index contributed by atoms with van der Waals surface area (Å²) in [7, 11) is 0. The summed E-state index contributed by atoms with van der Waals surface area (Å²) in [5.41, 5.74) is 4.29. The Morgan fingerprint density at radius 1 is 0.929 bits per heavy atom. The van der Waals surface area contributed by atoms with Crippen LogP contribution in [0.2, 0.25) is 5.02 Å². The molecule has 0 atom stereocenters. The highest BCUT2D eigenvalue weighted by atomic mass is 35.5. The van der Waals surface area contributed by atoms with Crippen LogP contribution in [0.4, 0.5) is 0 Å². The van der Waals surface area contributed by atoms with Crippen molar-refractivity contribution in [1.29, 1.82) is 0 Å². The normalized spacial score (nSPS) is 10.7. The molecule has 1 aromatic heterocycles. The summed E-state index contributed by atoms with van der Waals surface area (Å²) in [5, 5.41) is 4.02. The zero-order valence-electron chi connectivity index (χ0n) is 16.2. The first kappa shape index (κ1) is 20.2. The van der Waals surface area contributed by atoms with Crippen LogP contribution in [-0.4, -0.2) is 11.6 Å². The fourth-order valence-electron chi connectivity index (χ4n) is 2.85. The van der Waals surface area contributed by atoms with Crippen LogP contribution in [0.3, 0.4) is 0 Å². The minimum Gasteiger partial charge on any atom is -0.490 e. The number of pyridine rings is 1. The van der Waals surface area contributed by atoms with Gasteiger partial charge >= 0.3 is 0 Å². The van der Waals surface area contributed by atoms with E-state index in [1.807, 2.05) is 49.4 Å². The number of nitrogens with one attached hydrogen (secondary N) is 1. The predicted molar refractivity (Wildman–Crippen MR) is 113 cm³/mol. The van der Waals surface area contributed by atoms with Gasteiger partial charge in [-0.1, -0.05) is 41.9 Å². The third kappa shape index (κ3) is 5.47. The molecule has 5 heteroatoms. The molecule has 0 amide bonds. The van der Waals surface area contributed by atoms with Crippen LogP contribution in [0.25, 0.3) is 0 Å². The van der Waals surface area contributed by atoms with E-state index >= 15 is 0 Å². The molecule has 0 saturated carbocycles. The average molecular weight is 397 g/mol. The largest absolute Gasteiger partial charge is 0.490 e. The summed E-state index contributed by atoms with van der Waals surface area (Å²) >= 11 is 6.51. The number of aryl methyl sites for hydroxylation is 1. The van der Waals surface area contributed by atoms with Crippen LogP contribution >= 0.6 is 11.6 Å². The first-order chi connectivity index (χ1) is 13.7. The van der Waals surface area contributed by atoms with Crippen molar-refractivity contribution in [3.8, 4) is 11.5 Å². The van der Waals surface area contributed by atoms with E-state index < -0.39 is 0 Å². The van der Waals surface area contributed by atoms with Crippen LogP contribution in [-0.2, 0) is 19.7 Å². The molecule has 0 aliphatic carbocycles. The SMILES string of the molecule is CCOc1cc(CNCc2ccccn2)c(Cl)cc1OCc1ccccc1C. The first-order valence-corrected chi connectivity index (χ1v) is 9.78. The highest BCUT2D eigenvalue weighted by Crippen LogP contribution is 2.34. The van der Waals surface area contributed by atoms with Crippen LogP contribution < -0.4 is 14.8 Å². The molecule has 0 saturated heterocycles. The Bertz CT molecular complexity index is 900. The van der Waals surface area contributed by atoms with Gasteiger partial charge in [0.25, 0.3) is 0 Å². The van der Waals surface area contributed by atoms with E-state index in [4.69, 9.17) is 21.1 Å². The van der Waals surface area contributed by atoms with Crippen molar-refractivity contribution in [2.45, 2.75) is 33.5 Å². The Kier molecular flexibility index (Phi) is 7.29. The third-order valence-corrected chi connectivity index (χ3v) is 4.76. The van der Waals surface area contributed by atoms with Crippen molar-refractivity contribution in [1.82, 2.24) is 10.3 Å². The minimum absolute atomic E-state index is 0.473. The third-order valence-electron chi connectivity index (χ3n) is 4.40. The molecule has 3 aromatic rings. The van der Waals surface area contributed by atoms with Gasteiger partial charge in [-0.05, 0) is 48.7 Å². The van der Waals surface area contributed by atoms with Gasteiger partial charge < -0.3 is 14.8 Å². The van der Waals surface area contributed by atoms with Gasteiger partial charge in [0.15, 0.2) is 11.5 Å². The van der Waals surface area contributed by atoms with E-state index in [9.17, 15) is 0 Å². The van der Waals surface area contributed by atoms with Crippen molar-refractivity contribution in [2.75, 3.05) is 6.61 Å². The maximum Gasteiger partial charge on any atom is 0.163 e. The summed E-state index contributed by atoms with van der Waals surface area (Å²) in [6.07, 6.45) is 1.79. The molecular weight excluding hydrogens is 372 g/mol. The highest BCUT2D eigenvalue weighted by Gasteiger charge is 2.12. The summed E-state index contributed by atoms with van der Waals surface area (Å²) in [6.45, 7) is 6.36. The molecule has 2 aromatic carbocycles. The lowest BCUT2D eigenvalue weighted by atomic mass is 10.1. The summed E-state index contributed by atoms with van der Waals surface area (Å²) in [6, 6.07) is 17.8. The fraction of sp³-hybridized carbons (Fsp3) is 0.261. The van der Waals surface area contributed by atoms with Crippen LogP contribution in [0.15, 0.2) is 60.8 Å². The lowest BCUT2D eigenvalue weighted by Crippen LogP contribution is -2.14. The van der Waals surface area contributed by atoms with E-state index in [0.29, 0.717) is 42.8 Å². The van der Waals surface area contributed by atoms with Gasteiger partial charge in [0.05, 0.1) is 12.3 Å². The van der Waals surface area contributed by atoms with Crippen LogP contribution in [0.5, 0.6) is 11.5 Å². The monoisotopic (exact) mass is 396 g/mol. The molecule has 0 aliphatic heterocycles. The Morgan fingerprint density at radius 2 is 1.71 bits per heavy atom. The van der Waals surface area contributed by atoms with Crippen LogP contribution in [0.1, 0.15) is 29.3 Å². The highest BCUT2D eigenvalue weighted by molar-refractivity contribution is 6.31. The zero-order chi connectivity index (χ0) is 19.8. The summed E-state index contributed by atoms with van der Waals surface area (Å²) < 4.78 is 11.8. The van der Waals surface area contributed by atoms with E-state index in [1.54, 1.807) is 6.20 Å². The second-order valence-electron chi connectivity index (χ2n) is 6.46. The number of ether oxygens (including phenoxy) is 2. The number of aromatic nitrogens is 1. The quantitative estimate of drug-likeness (QED) is 0.532. The number of halogens is 1. The van der Waals surface area contributed by atoms with E-state index in [1.165, 1.54) is 5.56 Å². The number of hydrogen-bond donors (Lipinski definition) is 1. The molecule has 146 valence electrons. The lowest BCUT2D eigenvalue weighted by molar-refractivity contribution is 0.268. The number of rotatable bonds is 9. The fourth-order valence-corrected chi connectivity index (χ4v) is 3.07. The zero-order valence-corrected chi connectivity index (χ0v) is 17.0. The Hall–Kier alpha value is -2.56. The van der Waals surface area contributed by atoms with Crippen molar-refractivity contribution >= 4 is 11.6 Å². The van der Waals surface area contributed by atoms with Gasteiger partial charge in [0, 0.05) is 30.4 Å². The molecule has 0 fully saturated rings. The molecule has 0 radical (unpaired) electrons. The molecular formula is C23H25ClN2O2. The molecule has 0 bridgehead atoms. The minimum atomic E-state index is 0.473. The predicted octanol–water partition coefficient (Wildman–Crippen LogP) is 5.31. The molecule has 1 heterocycles. The molecule has 28 heavy (non-hydrogen) atoms. The Balaban J connectivity index is 1.69. The van der Waals surface area contributed by atoms with E-state index in [2.05, 4.69) is 29.4 Å². The lowest BCUT2D eigenvalue weighted by Gasteiger charge is -2.16. The Labute approximate surface area is 171 Å². The van der Waals surface area contributed by atoms with Crippen molar-refractivity contribution < 1.29 is 9.47 Å². The van der Waals surface area contributed by atoms with Gasteiger partial charge in [0.1, 0.15) is 6.61 Å².